The van der Waals surface area contributed by atoms with Crippen molar-refractivity contribution < 1.29 is 19.1 Å². The Kier molecular flexibility index (Phi) is 11.6. The fourth-order valence-electron chi connectivity index (χ4n) is 3.56. The summed E-state index contributed by atoms with van der Waals surface area (Å²) in [6.45, 7) is 9.75. The lowest BCUT2D eigenvalue weighted by molar-refractivity contribution is -0.163. The van der Waals surface area contributed by atoms with Gasteiger partial charge in [-0.25, -0.2) is 0 Å². The molecule has 1 aliphatic carbocycles. The smallest absolute Gasteiger partial charge is 0.309 e. The van der Waals surface area contributed by atoms with E-state index < -0.39 is 0 Å². The topological polar surface area (TPSA) is 52.6 Å². The third-order valence-corrected chi connectivity index (χ3v) is 5.21. The van der Waals surface area contributed by atoms with E-state index in [0.29, 0.717) is 25.0 Å². The van der Waals surface area contributed by atoms with Crippen LogP contribution in [0.2, 0.25) is 0 Å². The van der Waals surface area contributed by atoms with Gasteiger partial charge in [0, 0.05) is 0 Å². The van der Waals surface area contributed by atoms with Crippen molar-refractivity contribution in [1.82, 2.24) is 0 Å². The number of esters is 2. The van der Waals surface area contributed by atoms with Crippen molar-refractivity contribution in [2.45, 2.75) is 91.9 Å². The maximum absolute atomic E-state index is 12.4. The molecule has 0 spiro atoms. The number of hydrogen-bond donors (Lipinski definition) is 0. The van der Waals surface area contributed by atoms with Gasteiger partial charge < -0.3 is 9.47 Å². The Hall–Kier alpha value is -1.06. The molecule has 1 saturated carbocycles. The molecular formula is C22H40O4. The van der Waals surface area contributed by atoms with Crippen LogP contribution in [-0.4, -0.2) is 25.2 Å². The fraction of sp³-hybridized carbons (Fsp3) is 0.909. The number of carbonyl (C=O) groups is 2. The molecule has 1 rings (SSSR count). The molecule has 0 N–H and O–H groups in total. The van der Waals surface area contributed by atoms with Crippen molar-refractivity contribution in [1.29, 1.82) is 0 Å². The number of unbranched alkanes of at least 4 members (excludes halogenated alkanes) is 2. The number of hydrogen-bond acceptors (Lipinski definition) is 4. The second-order valence-electron chi connectivity index (χ2n) is 8.61. The summed E-state index contributed by atoms with van der Waals surface area (Å²) in [5.74, 6) is 0.355. The Morgan fingerprint density at radius 2 is 1.12 bits per heavy atom. The van der Waals surface area contributed by atoms with Gasteiger partial charge in [0.25, 0.3) is 0 Å². The molecule has 0 aromatic carbocycles. The van der Waals surface area contributed by atoms with Crippen LogP contribution < -0.4 is 0 Å². The van der Waals surface area contributed by atoms with Crippen LogP contribution in [0.25, 0.3) is 0 Å². The first-order valence-corrected chi connectivity index (χ1v) is 10.7. The summed E-state index contributed by atoms with van der Waals surface area (Å²) in [6, 6.07) is 0. The molecule has 0 aliphatic heterocycles. The molecule has 0 unspecified atom stereocenters. The van der Waals surface area contributed by atoms with Gasteiger partial charge in [0.1, 0.15) is 0 Å². The van der Waals surface area contributed by atoms with Crippen molar-refractivity contribution in [2.75, 3.05) is 13.2 Å². The largest absolute Gasteiger partial charge is 0.465 e. The van der Waals surface area contributed by atoms with E-state index in [9.17, 15) is 9.59 Å². The van der Waals surface area contributed by atoms with Gasteiger partial charge >= 0.3 is 11.9 Å². The van der Waals surface area contributed by atoms with E-state index in [2.05, 4.69) is 27.7 Å². The van der Waals surface area contributed by atoms with Crippen LogP contribution in [0.15, 0.2) is 0 Å². The summed E-state index contributed by atoms with van der Waals surface area (Å²) in [6.07, 6.45) is 9.77. The average molecular weight is 369 g/mol. The second kappa shape index (κ2) is 13.2. The van der Waals surface area contributed by atoms with Crippen LogP contribution in [0.5, 0.6) is 0 Å². The summed E-state index contributed by atoms with van der Waals surface area (Å²) in [5, 5.41) is 0. The summed E-state index contributed by atoms with van der Waals surface area (Å²) >= 11 is 0. The van der Waals surface area contributed by atoms with Gasteiger partial charge in [-0.15, -0.1) is 0 Å². The van der Waals surface area contributed by atoms with E-state index in [1.54, 1.807) is 0 Å². The molecule has 2 atom stereocenters. The van der Waals surface area contributed by atoms with Crippen LogP contribution in [-0.2, 0) is 19.1 Å². The Labute approximate surface area is 160 Å². The lowest BCUT2D eigenvalue weighted by Crippen LogP contribution is -2.35. The highest BCUT2D eigenvalue weighted by Gasteiger charge is 2.37. The van der Waals surface area contributed by atoms with E-state index >= 15 is 0 Å². The molecule has 4 heteroatoms. The van der Waals surface area contributed by atoms with Crippen LogP contribution >= 0.6 is 0 Å². The third kappa shape index (κ3) is 9.59. The lowest BCUT2D eigenvalue weighted by atomic mass is 9.79. The summed E-state index contributed by atoms with van der Waals surface area (Å²) in [5.41, 5.74) is 0. The highest BCUT2D eigenvalue weighted by molar-refractivity contribution is 5.82. The standard InChI is InChI=1S/C22H40O4/c1-17(2)11-7-9-15-25-21(23)19-13-5-6-14-20(19)22(24)26-16-10-8-12-18(3)4/h17-20H,5-16H2,1-4H3/t19-,20-/m1/s1. The van der Waals surface area contributed by atoms with Crippen molar-refractivity contribution in [3.05, 3.63) is 0 Å². The number of ether oxygens (including phenoxy) is 2. The Morgan fingerprint density at radius 3 is 1.46 bits per heavy atom. The van der Waals surface area contributed by atoms with Gasteiger partial charge in [-0.1, -0.05) is 53.4 Å². The van der Waals surface area contributed by atoms with E-state index in [0.717, 1.165) is 64.2 Å². The first kappa shape index (κ1) is 23.0. The second-order valence-corrected chi connectivity index (χ2v) is 8.61. The van der Waals surface area contributed by atoms with Gasteiger partial charge in [0.05, 0.1) is 25.0 Å². The molecule has 1 aliphatic rings. The van der Waals surface area contributed by atoms with Crippen molar-refractivity contribution in [3.8, 4) is 0 Å². The summed E-state index contributed by atoms with van der Waals surface area (Å²) in [7, 11) is 0. The molecule has 0 amide bonds. The van der Waals surface area contributed by atoms with E-state index in [1.807, 2.05) is 0 Å². The van der Waals surface area contributed by atoms with Gasteiger partial charge in [-0.3, -0.25) is 9.59 Å². The van der Waals surface area contributed by atoms with E-state index in [4.69, 9.17) is 9.47 Å². The minimum atomic E-state index is -0.308. The SMILES string of the molecule is CC(C)CCCCOC(=O)[C@@H]1CCCC[C@H]1C(=O)OCCCCC(C)C. The van der Waals surface area contributed by atoms with Crippen LogP contribution in [0.1, 0.15) is 91.9 Å². The zero-order chi connectivity index (χ0) is 19.4. The Balaban J connectivity index is 2.33. The summed E-state index contributed by atoms with van der Waals surface area (Å²) in [4.78, 5) is 24.9. The zero-order valence-corrected chi connectivity index (χ0v) is 17.4. The fourth-order valence-corrected chi connectivity index (χ4v) is 3.56. The molecule has 152 valence electrons. The average Bonchev–Trinajstić information content (AvgIpc) is 2.60. The maximum atomic E-state index is 12.4. The third-order valence-electron chi connectivity index (χ3n) is 5.21. The molecule has 0 saturated heterocycles. The highest BCUT2D eigenvalue weighted by atomic mass is 16.5. The lowest BCUT2D eigenvalue weighted by Gasteiger charge is -2.28. The predicted molar refractivity (Wildman–Crippen MR) is 105 cm³/mol. The molecule has 0 heterocycles. The van der Waals surface area contributed by atoms with Gasteiger partial charge in [-0.05, 0) is 50.4 Å². The van der Waals surface area contributed by atoms with Gasteiger partial charge in [0.15, 0.2) is 0 Å². The quantitative estimate of drug-likeness (QED) is 0.335. The van der Waals surface area contributed by atoms with Crippen molar-refractivity contribution in [3.63, 3.8) is 0 Å². The van der Waals surface area contributed by atoms with Crippen LogP contribution in [0.3, 0.4) is 0 Å². The molecule has 0 bridgehead atoms. The van der Waals surface area contributed by atoms with Gasteiger partial charge in [0.2, 0.25) is 0 Å². The Bertz CT molecular complexity index is 365. The molecule has 0 radical (unpaired) electrons. The van der Waals surface area contributed by atoms with Crippen LogP contribution in [0, 0.1) is 23.7 Å². The molecule has 4 nitrogen and oxygen atoms in total. The first-order valence-electron chi connectivity index (χ1n) is 10.7. The molecule has 0 aromatic heterocycles. The van der Waals surface area contributed by atoms with Crippen LogP contribution in [0.4, 0.5) is 0 Å². The van der Waals surface area contributed by atoms with E-state index in [-0.39, 0.29) is 23.8 Å². The normalized spacial score (nSPS) is 20.4. The zero-order valence-electron chi connectivity index (χ0n) is 17.4. The van der Waals surface area contributed by atoms with Crippen molar-refractivity contribution in [2.24, 2.45) is 23.7 Å². The Morgan fingerprint density at radius 1 is 0.731 bits per heavy atom. The minimum absolute atomic E-state index is 0.198. The first-order chi connectivity index (χ1) is 12.4. The number of rotatable bonds is 12. The number of carbonyl (C=O) groups excluding carboxylic acids is 2. The van der Waals surface area contributed by atoms with Crippen molar-refractivity contribution >= 4 is 11.9 Å². The molecule has 1 fully saturated rings. The van der Waals surface area contributed by atoms with Gasteiger partial charge in [-0.2, -0.15) is 0 Å². The van der Waals surface area contributed by atoms with E-state index in [1.165, 1.54) is 0 Å². The minimum Gasteiger partial charge on any atom is -0.465 e. The maximum Gasteiger partial charge on any atom is 0.309 e. The molecular weight excluding hydrogens is 328 g/mol. The monoisotopic (exact) mass is 368 g/mol. The predicted octanol–water partition coefficient (Wildman–Crippen LogP) is 5.53. The molecule has 26 heavy (non-hydrogen) atoms. The molecule has 0 aromatic rings. The highest BCUT2D eigenvalue weighted by Crippen LogP contribution is 2.32. The summed E-state index contributed by atoms with van der Waals surface area (Å²) < 4.78 is 10.9.